The van der Waals surface area contributed by atoms with Crippen LogP contribution in [0.25, 0.3) is 0 Å². The Balaban J connectivity index is 2.28. The molecule has 3 heteroatoms. The summed E-state index contributed by atoms with van der Waals surface area (Å²) in [5.41, 5.74) is 0. The minimum atomic E-state index is -0.133. The van der Waals surface area contributed by atoms with Gasteiger partial charge in [0.15, 0.2) is 0 Å². The minimum Gasteiger partial charge on any atom is -0.468 e. The first kappa shape index (κ1) is 13.5. The quantitative estimate of drug-likeness (QED) is 0.733. The van der Waals surface area contributed by atoms with Crippen LogP contribution in [-0.2, 0) is 9.53 Å². The third kappa shape index (κ3) is 4.12. The highest BCUT2D eigenvalue weighted by molar-refractivity contribution is 5.75. The molecule has 0 aromatic carbocycles. The number of rotatable bonds is 5. The molecule has 0 radical (unpaired) electrons. The van der Waals surface area contributed by atoms with Crippen molar-refractivity contribution in [1.82, 2.24) is 5.32 Å². The summed E-state index contributed by atoms with van der Waals surface area (Å²) in [6.45, 7) is 5.29. The van der Waals surface area contributed by atoms with E-state index >= 15 is 0 Å². The zero-order valence-electron chi connectivity index (χ0n) is 10.8. The maximum absolute atomic E-state index is 11.4. The number of methoxy groups -OCH3 is 1. The smallest absolute Gasteiger partial charge is 0.322 e. The van der Waals surface area contributed by atoms with E-state index in [-0.39, 0.29) is 12.0 Å². The van der Waals surface area contributed by atoms with Crippen LogP contribution in [0.3, 0.4) is 0 Å². The van der Waals surface area contributed by atoms with Gasteiger partial charge in [0.2, 0.25) is 0 Å². The highest BCUT2D eigenvalue weighted by Gasteiger charge is 2.22. The van der Waals surface area contributed by atoms with Gasteiger partial charge in [0.25, 0.3) is 0 Å². The molecule has 94 valence electrons. The summed E-state index contributed by atoms with van der Waals surface area (Å²) in [4.78, 5) is 11.4. The second-order valence-electron chi connectivity index (χ2n) is 5.03. The van der Waals surface area contributed by atoms with E-state index in [4.69, 9.17) is 4.74 Å². The van der Waals surface area contributed by atoms with Crippen LogP contribution >= 0.6 is 0 Å². The fraction of sp³-hybridized carbons (Fsp3) is 0.923. The normalized spacial score (nSPS) is 27.4. The van der Waals surface area contributed by atoms with Gasteiger partial charge < -0.3 is 10.1 Å². The molecule has 1 N–H and O–H groups in total. The summed E-state index contributed by atoms with van der Waals surface area (Å²) in [7, 11) is 1.45. The molecule has 1 rings (SSSR count). The largest absolute Gasteiger partial charge is 0.468 e. The van der Waals surface area contributed by atoms with Crippen molar-refractivity contribution in [3.05, 3.63) is 0 Å². The molecule has 3 unspecified atom stereocenters. The first-order chi connectivity index (χ1) is 7.67. The minimum absolute atomic E-state index is 0.123. The summed E-state index contributed by atoms with van der Waals surface area (Å²) in [6, 6.07) is -0.123. The van der Waals surface area contributed by atoms with Gasteiger partial charge in [-0.1, -0.05) is 26.7 Å². The van der Waals surface area contributed by atoms with Gasteiger partial charge in [-0.05, 0) is 37.6 Å². The third-order valence-electron chi connectivity index (χ3n) is 3.59. The molecule has 0 heterocycles. The molecule has 0 aromatic heterocycles. The standard InChI is InChI=1S/C13H25NO2/c1-4-12(13(15)16-3)14-9-11-7-5-6-10(2)8-11/h10-12,14H,4-9H2,1-3H3. The number of hydrogen-bond donors (Lipinski definition) is 1. The summed E-state index contributed by atoms with van der Waals surface area (Å²) >= 11 is 0. The topological polar surface area (TPSA) is 38.3 Å². The van der Waals surface area contributed by atoms with Crippen molar-refractivity contribution in [1.29, 1.82) is 0 Å². The van der Waals surface area contributed by atoms with Crippen molar-refractivity contribution >= 4 is 5.97 Å². The lowest BCUT2D eigenvalue weighted by Gasteiger charge is -2.28. The molecule has 0 saturated heterocycles. The van der Waals surface area contributed by atoms with Gasteiger partial charge >= 0.3 is 5.97 Å². The van der Waals surface area contributed by atoms with E-state index < -0.39 is 0 Å². The van der Waals surface area contributed by atoms with E-state index in [2.05, 4.69) is 12.2 Å². The first-order valence-electron chi connectivity index (χ1n) is 6.48. The van der Waals surface area contributed by atoms with Gasteiger partial charge in [-0.2, -0.15) is 0 Å². The van der Waals surface area contributed by atoms with E-state index in [9.17, 15) is 4.79 Å². The zero-order chi connectivity index (χ0) is 12.0. The Kier molecular flexibility index (Phi) is 5.81. The number of carbonyl (C=O) groups excluding carboxylic acids is 1. The molecule has 1 saturated carbocycles. The Morgan fingerprint density at radius 1 is 1.50 bits per heavy atom. The summed E-state index contributed by atoms with van der Waals surface area (Å²) in [6.07, 6.45) is 6.10. The lowest BCUT2D eigenvalue weighted by atomic mass is 9.82. The molecule has 3 atom stereocenters. The third-order valence-corrected chi connectivity index (χ3v) is 3.59. The second kappa shape index (κ2) is 6.89. The Labute approximate surface area is 98.9 Å². The monoisotopic (exact) mass is 227 g/mol. The van der Waals surface area contributed by atoms with Crippen molar-refractivity contribution in [3.8, 4) is 0 Å². The van der Waals surface area contributed by atoms with Crippen molar-refractivity contribution in [3.63, 3.8) is 0 Å². The first-order valence-corrected chi connectivity index (χ1v) is 6.48. The van der Waals surface area contributed by atoms with Crippen LogP contribution in [0.5, 0.6) is 0 Å². The molecule has 1 aliphatic rings. The number of hydrogen-bond acceptors (Lipinski definition) is 3. The lowest BCUT2D eigenvalue weighted by molar-refractivity contribution is -0.143. The van der Waals surface area contributed by atoms with Crippen LogP contribution in [0.1, 0.15) is 46.0 Å². The van der Waals surface area contributed by atoms with Gasteiger partial charge in [-0.15, -0.1) is 0 Å². The highest BCUT2D eigenvalue weighted by atomic mass is 16.5. The van der Waals surface area contributed by atoms with Crippen LogP contribution < -0.4 is 5.32 Å². The summed E-state index contributed by atoms with van der Waals surface area (Å²) in [5, 5.41) is 3.34. The molecule has 1 fully saturated rings. The van der Waals surface area contributed by atoms with Crippen LogP contribution in [0.15, 0.2) is 0 Å². The summed E-state index contributed by atoms with van der Waals surface area (Å²) in [5.74, 6) is 1.45. The zero-order valence-corrected chi connectivity index (χ0v) is 10.8. The van der Waals surface area contributed by atoms with Crippen molar-refractivity contribution < 1.29 is 9.53 Å². The van der Waals surface area contributed by atoms with Crippen molar-refractivity contribution in [2.24, 2.45) is 11.8 Å². The number of ether oxygens (including phenoxy) is 1. The fourth-order valence-electron chi connectivity index (χ4n) is 2.59. The number of nitrogens with one attached hydrogen (secondary N) is 1. The Bertz CT molecular complexity index is 218. The van der Waals surface area contributed by atoms with E-state index in [1.807, 2.05) is 6.92 Å². The van der Waals surface area contributed by atoms with Crippen molar-refractivity contribution in [2.45, 2.75) is 52.0 Å². The van der Waals surface area contributed by atoms with Gasteiger partial charge in [0.1, 0.15) is 6.04 Å². The maximum Gasteiger partial charge on any atom is 0.322 e. The van der Waals surface area contributed by atoms with E-state index in [1.54, 1.807) is 0 Å². The molecule has 0 aromatic rings. The van der Waals surface area contributed by atoms with Crippen LogP contribution in [-0.4, -0.2) is 25.7 Å². The molecular weight excluding hydrogens is 202 g/mol. The van der Waals surface area contributed by atoms with Gasteiger partial charge in [-0.3, -0.25) is 4.79 Å². The van der Waals surface area contributed by atoms with Gasteiger partial charge in [0.05, 0.1) is 7.11 Å². The maximum atomic E-state index is 11.4. The average molecular weight is 227 g/mol. The molecule has 0 bridgehead atoms. The van der Waals surface area contributed by atoms with Gasteiger partial charge in [0, 0.05) is 0 Å². The van der Waals surface area contributed by atoms with Crippen LogP contribution in [0.4, 0.5) is 0 Å². The summed E-state index contributed by atoms with van der Waals surface area (Å²) < 4.78 is 4.76. The van der Waals surface area contributed by atoms with Gasteiger partial charge in [-0.25, -0.2) is 0 Å². The molecular formula is C13H25NO2. The predicted molar refractivity (Wildman–Crippen MR) is 65.2 cm³/mol. The Hall–Kier alpha value is -0.570. The van der Waals surface area contributed by atoms with E-state index in [0.29, 0.717) is 0 Å². The molecule has 16 heavy (non-hydrogen) atoms. The fourth-order valence-corrected chi connectivity index (χ4v) is 2.59. The molecule has 3 nitrogen and oxygen atoms in total. The van der Waals surface area contributed by atoms with E-state index in [0.717, 1.165) is 24.8 Å². The highest BCUT2D eigenvalue weighted by Crippen LogP contribution is 2.28. The molecule has 0 spiro atoms. The SMILES string of the molecule is CCC(NCC1CCCC(C)C1)C(=O)OC. The molecule has 0 amide bonds. The Morgan fingerprint density at radius 3 is 2.81 bits per heavy atom. The lowest BCUT2D eigenvalue weighted by Crippen LogP contribution is -2.40. The van der Waals surface area contributed by atoms with Crippen LogP contribution in [0, 0.1) is 11.8 Å². The predicted octanol–water partition coefficient (Wildman–Crippen LogP) is 2.35. The van der Waals surface area contributed by atoms with Crippen molar-refractivity contribution in [2.75, 3.05) is 13.7 Å². The number of esters is 1. The Morgan fingerprint density at radius 2 is 2.25 bits per heavy atom. The van der Waals surface area contributed by atoms with Crippen LogP contribution in [0.2, 0.25) is 0 Å². The molecule has 0 aliphatic heterocycles. The second-order valence-corrected chi connectivity index (χ2v) is 5.03. The average Bonchev–Trinajstić information content (AvgIpc) is 2.29. The molecule has 1 aliphatic carbocycles. The van der Waals surface area contributed by atoms with E-state index in [1.165, 1.54) is 32.8 Å². The number of carbonyl (C=O) groups is 1.